The smallest absolute Gasteiger partial charge is 1.00 e. The summed E-state index contributed by atoms with van der Waals surface area (Å²) in [5, 5.41) is 0. The molecule has 0 bridgehead atoms. The van der Waals surface area contributed by atoms with Crippen molar-refractivity contribution >= 4 is 11.5 Å². The molecule has 0 amide bonds. The third-order valence-electron chi connectivity index (χ3n) is 5.19. The van der Waals surface area contributed by atoms with E-state index in [9.17, 15) is 0 Å². The number of benzene rings is 2. The first kappa shape index (κ1) is 23.7. The molecule has 0 N–H and O–H groups in total. The zero-order valence-electron chi connectivity index (χ0n) is 16.7. The maximum Gasteiger partial charge on any atom is -1.00 e. The third-order valence-corrected chi connectivity index (χ3v) is 8.02. The standard InChI is InChI=1S/2C11H11O2.2ClH.Ti/c2*1-12-10-7-8-5-3-4-6-9(8)11(10)13-2;;;/h2*3-7H,1-2H3;2*1H;/q;;;;+2/p-2. The van der Waals surface area contributed by atoms with Gasteiger partial charge in [0.15, 0.2) is 0 Å². The van der Waals surface area contributed by atoms with Gasteiger partial charge in [-0.1, -0.05) is 0 Å². The van der Waals surface area contributed by atoms with E-state index in [1.165, 1.54) is 11.1 Å². The topological polar surface area (TPSA) is 36.9 Å². The van der Waals surface area contributed by atoms with Crippen molar-refractivity contribution in [3.63, 3.8) is 0 Å². The Morgan fingerprint density at radius 3 is 1.31 bits per heavy atom. The van der Waals surface area contributed by atoms with Crippen LogP contribution in [0.3, 0.4) is 0 Å². The van der Waals surface area contributed by atoms with Gasteiger partial charge in [-0.15, -0.1) is 0 Å². The van der Waals surface area contributed by atoms with E-state index in [2.05, 4.69) is 36.4 Å². The molecule has 4 rings (SSSR count). The molecular weight excluding hydrogens is 447 g/mol. The fourth-order valence-corrected chi connectivity index (χ4v) is 7.18. The van der Waals surface area contributed by atoms with Crippen molar-refractivity contribution in [2.24, 2.45) is 0 Å². The van der Waals surface area contributed by atoms with Gasteiger partial charge in [0, 0.05) is 0 Å². The number of rotatable bonds is 6. The van der Waals surface area contributed by atoms with Crippen LogP contribution in [0.5, 0.6) is 0 Å². The zero-order valence-corrected chi connectivity index (χ0v) is 19.7. The van der Waals surface area contributed by atoms with Crippen LogP contribution >= 0.6 is 0 Å². The first-order valence-electron chi connectivity index (χ1n) is 8.84. The van der Waals surface area contributed by atoms with E-state index in [1.54, 1.807) is 28.4 Å². The molecule has 0 fully saturated rings. The molecule has 0 radical (unpaired) electrons. The molecule has 29 heavy (non-hydrogen) atoms. The Morgan fingerprint density at radius 1 is 0.586 bits per heavy atom. The van der Waals surface area contributed by atoms with Gasteiger partial charge in [0.25, 0.3) is 0 Å². The monoisotopic (exact) mass is 468 g/mol. The van der Waals surface area contributed by atoms with E-state index in [-0.39, 0.29) is 33.3 Å². The Bertz CT molecular complexity index is 866. The molecule has 7 heteroatoms. The number of allylic oxidation sites excluding steroid dienone is 2. The largest absolute Gasteiger partial charge is 1.00 e. The SMILES string of the molecule is COC1=C(OC)[CH]([Ti+2][CH]2C(OC)=C(OC)c3ccccc32)c2ccccc21.[Cl-].[Cl-]. The van der Waals surface area contributed by atoms with Crippen molar-refractivity contribution in [3.05, 3.63) is 82.3 Å². The summed E-state index contributed by atoms with van der Waals surface area (Å²) in [6, 6.07) is 16.8. The Hall–Kier alpha value is -1.59. The van der Waals surface area contributed by atoms with Crippen molar-refractivity contribution in [1.29, 1.82) is 0 Å². The van der Waals surface area contributed by atoms with Crippen LogP contribution < -0.4 is 24.8 Å². The maximum absolute atomic E-state index is 5.83. The summed E-state index contributed by atoms with van der Waals surface area (Å²) in [6.45, 7) is 0. The number of hydrogen-bond donors (Lipinski definition) is 0. The second-order valence-electron chi connectivity index (χ2n) is 6.41. The van der Waals surface area contributed by atoms with Crippen LogP contribution in [0.4, 0.5) is 0 Å². The predicted octanol–water partition coefficient (Wildman–Crippen LogP) is -1.49. The third kappa shape index (κ3) is 3.79. The van der Waals surface area contributed by atoms with Crippen LogP contribution in [-0.4, -0.2) is 28.4 Å². The number of hydrogen-bond acceptors (Lipinski definition) is 4. The minimum absolute atomic E-state index is 0. The Labute approximate surface area is 193 Å². The Balaban J connectivity index is 0.00000150. The maximum atomic E-state index is 5.83. The summed E-state index contributed by atoms with van der Waals surface area (Å²) >= 11 is -0.618. The van der Waals surface area contributed by atoms with Gasteiger partial charge in [0.05, 0.1) is 0 Å². The van der Waals surface area contributed by atoms with E-state index < -0.39 is 19.2 Å². The Kier molecular flexibility index (Phi) is 8.13. The van der Waals surface area contributed by atoms with Crippen LogP contribution in [0.2, 0.25) is 0 Å². The minimum Gasteiger partial charge on any atom is -1.00 e. The van der Waals surface area contributed by atoms with E-state index >= 15 is 0 Å². The predicted molar refractivity (Wildman–Crippen MR) is 100 cm³/mol. The molecule has 0 saturated heterocycles. The number of ether oxygens (including phenoxy) is 4. The summed E-state index contributed by atoms with van der Waals surface area (Å²) in [5.74, 6) is 3.56. The molecule has 2 aliphatic carbocycles. The van der Waals surface area contributed by atoms with Crippen LogP contribution in [0.25, 0.3) is 11.5 Å². The normalized spacial score (nSPS) is 18.8. The van der Waals surface area contributed by atoms with Crippen LogP contribution in [-0.2, 0) is 38.1 Å². The number of halogens is 2. The summed E-state index contributed by atoms with van der Waals surface area (Å²) < 4.78 is 23.5. The molecular formula is C22H22Cl2O4Ti. The van der Waals surface area contributed by atoms with Gasteiger partial charge >= 0.3 is 169 Å². The van der Waals surface area contributed by atoms with E-state index in [0.29, 0.717) is 0 Å². The average molecular weight is 469 g/mol. The fourth-order valence-electron chi connectivity index (χ4n) is 4.06. The molecule has 2 aliphatic rings. The number of methoxy groups -OCH3 is 4. The van der Waals surface area contributed by atoms with Gasteiger partial charge in [-0.2, -0.15) is 0 Å². The second kappa shape index (κ2) is 9.95. The quantitative estimate of drug-likeness (QED) is 0.484. The van der Waals surface area contributed by atoms with Crippen molar-refractivity contribution in [1.82, 2.24) is 0 Å². The Morgan fingerprint density at radius 2 is 0.966 bits per heavy atom. The number of fused-ring (bicyclic) bond motifs is 2. The molecule has 0 spiro atoms. The second-order valence-corrected chi connectivity index (χ2v) is 8.73. The van der Waals surface area contributed by atoms with E-state index in [1.807, 2.05) is 12.1 Å². The zero-order chi connectivity index (χ0) is 19.0. The molecule has 2 unspecified atom stereocenters. The molecule has 2 aromatic rings. The summed E-state index contributed by atoms with van der Waals surface area (Å²) in [5.41, 5.74) is 4.83. The van der Waals surface area contributed by atoms with Gasteiger partial charge in [-0.3, -0.25) is 0 Å². The average Bonchev–Trinajstić information content (AvgIpc) is 3.20. The van der Waals surface area contributed by atoms with Crippen LogP contribution in [0.1, 0.15) is 30.7 Å². The minimum atomic E-state index is -0.618. The summed E-state index contributed by atoms with van der Waals surface area (Å²) in [6.07, 6.45) is 0. The van der Waals surface area contributed by atoms with Crippen molar-refractivity contribution in [3.8, 4) is 0 Å². The first-order chi connectivity index (χ1) is 13.2. The van der Waals surface area contributed by atoms with Crippen molar-refractivity contribution < 1.29 is 62.9 Å². The molecule has 0 saturated carbocycles. The molecule has 0 aliphatic heterocycles. The van der Waals surface area contributed by atoms with E-state index in [0.717, 1.165) is 34.2 Å². The molecule has 0 heterocycles. The molecule has 2 atom stereocenters. The molecule has 152 valence electrons. The van der Waals surface area contributed by atoms with Gasteiger partial charge in [-0.05, 0) is 0 Å². The molecule has 0 aromatic heterocycles. The summed E-state index contributed by atoms with van der Waals surface area (Å²) in [7, 11) is 6.88. The van der Waals surface area contributed by atoms with Crippen LogP contribution in [0.15, 0.2) is 60.0 Å². The summed E-state index contributed by atoms with van der Waals surface area (Å²) in [4.78, 5) is 0. The van der Waals surface area contributed by atoms with Crippen molar-refractivity contribution in [2.75, 3.05) is 28.4 Å². The van der Waals surface area contributed by atoms with Crippen LogP contribution in [0, 0.1) is 0 Å². The fraction of sp³-hybridized carbons (Fsp3) is 0.273. The van der Waals surface area contributed by atoms with E-state index in [4.69, 9.17) is 18.9 Å². The molecule has 2 aromatic carbocycles. The molecule has 4 nitrogen and oxygen atoms in total. The van der Waals surface area contributed by atoms with Gasteiger partial charge in [-0.25, -0.2) is 0 Å². The van der Waals surface area contributed by atoms with Gasteiger partial charge < -0.3 is 24.8 Å². The van der Waals surface area contributed by atoms with Crippen molar-refractivity contribution in [2.45, 2.75) is 8.45 Å². The van der Waals surface area contributed by atoms with Gasteiger partial charge in [0.1, 0.15) is 0 Å². The van der Waals surface area contributed by atoms with Gasteiger partial charge in [0.2, 0.25) is 0 Å². The first-order valence-corrected chi connectivity index (χ1v) is 10.6.